The first-order chi connectivity index (χ1) is 13.6. The van der Waals surface area contributed by atoms with Crippen molar-refractivity contribution in [3.05, 3.63) is 59.7 Å². The van der Waals surface area contributed by atoms with E-state index in [1.54, 1.807) is 0 Å². The standard InChI is InChI=1S/C23H27BN2O2/c1-25-15-20(27)21(16-8-4-2-5-9-16)26-19-11-10-17(24)14-18(19)23(22(26)28)12-6-3-7-13-23/h2,4-5,8-11,14,20-21,25,27H,3,6-7,12-13,15H2,1H3/t20?,21-/m0/s1. The summed E-state index contributed by atoms with van der Waals surface area (Å²) < 4.78 is 0. The van der Waals surface area contributed by atoms with Crippen molar-refractivity contribution < 1.29 is 9.90 Å². The van der Waals surface area contributed by atoms with Crippen LogP contribution in [0.25, 0.3) is 0 Å². The number of carbonyl (C=O) groups is 1. The fourth-order valence-corrected chi connectivity index (χ4v) is 5.03. The second-order valence-electron chi connectivity index (χ2n) is 8.08. The highest BCUT2D eigenvalue weighted by molar-refractivity contribution is 6.32. The number of benzene rings is 2. The van der Waals surface area contributed by atoms with Gasteiger partial charge in [0.15, 0.2) is 0 Å². The van der Waals surface area contributed by atoms with Gasteiger partial charge in [-0.15, -0.1) is 0 Å². The molecule has 2 N–H and O–H groups in total. The maximum atomic E-state index is 13.9. The van der Waals surface area contributed by atoms with E-state index in [1.807, 2.05) is 60.5 Å². The van der Waals surface area contributed by atoms with Crippen molar-refractivity contribution in [2.24, 2.45) is 0 Å². The van der Waals surface area contributed by atoms with Crippen LogP contribution in [0.3, 0.4) is 0 Å². The fourth-order valence-electron chi connectivity index (χ4n) is 5.03. The van der Waals surface area contributed by atoms with Crippen molar-refractivity contribution in [2.45, 2.75) is 49.7 Å². The van der Waals surface area contributed by atoms with E-state index in [4.69, 9.17) is 7.85 Å². The van der Waals surface area contributed by atoms with E-state index in [0.717, 1.165) is 48.9 Å². The molecule has 144 valence electrons. The van der Waals surface area contributed by atoms with Crippen LogP contribution in [0.15, 0.2) is 48.5 Å². The summed E-state index contributed by atoms with van der Waals surface area (Å²) in [6.07, 6.45) is 4.23. The number of amides is 1. The lowest BCUT2D eigenvalue weighted by molar-refractivity contribution is -0.125. The summed E-state index contributed by atoms with van der Waals surface area (Å²) in [6, 6.07) is 15.2. The average Bonchev–Trinajstić information content (AvgIpc) is 2.93. The highest BCUT2D eigenvalue weighted by Gasteiger charge is 2.53. The van der Waals surface area contributed by atoms with E-state index < -0.39 is 17.6 Å². The van der Waals surface area contributed by atoms with Crippen molar-refractivity contribution in [2.75, 3.05) is 18.5 Å². The van der Waals surface area contributed by atoms with E-state index in [9.17, 15) is 9.90 Å². The summed E-state index contributed by atoms with van der Waals surface area (Å²) in [5.41, 5.74) is 3.05. The molecule has 1 amide bonds. The number of anilines is 1. The molecule has 1 spiro atoms. The molecule has 1 unspecified atom stereocenters. The topological polar surface area (TPSA) is 52.6 Å². The number of hydrogen-bond donors (Lipinski definition) is 2. The number of nitrogens with one attached hydrogen (secondary N) is 1. The van der Waals surface area contributed by atoms with Gasteiger partial charge in [-0.2, -0.15) is 0 Å². The predicted octanol–water partition coefficient (Wildman–Crippen LogP) is 2.35. The Kier molecular flexibility index (Phi) is 5.30. The van der Waals surface area contributed by atoms with Crippen molar-refractivity contribution in [3.8, 4) is 0 Å². The molecule has 2 aromatic rings. The first kappa shape index (κ1) is 19.2. The van der Waals surface area contributed by atoms with Gasteiger partial charge >= 0.3 is 0 Å². The second kappa shape index (κ2) is 7.73. The molecule has 2 atom stereocenters. The minimum absolute atomic E-state index is 0.108. The van der Waals surface area contributed by atoms with Crippen molar-refractivity contribution >= 4 is 24.9 Å². The van der Waals surface area contributed by atoms with Gasteiger partial charge in [-0.3, -0.25) is 4.79 Å². The highest BCUT2D eigenvalue weighted by Crippen LogP contribution is 2.52. The van der Waals surface area contributed by atoms with Crippen LogP contribution in [0.4, 0.5) is 5.69 Å². The Morgan fingerprint density at radius 1 is 1.14 bits per heavy atom. The quantitative estimate of drug-likeness (QED) is 0.790. The zero-order valence-corrected chi connectivity index (χ0v) is 16.4. The van der Waals surface area contributed by atoms with Gasteiger partial charge in [-0.1, -0.05) is 67.2 Å². The number of aliphatic hydroxyl groups excluding tert-OH is 1. The maximum absolute atomic E-state index is 13.9. The van der Waals surface area contributed by atoms with Crippen molar-refractivity contribution in [1.29, 1.82) is 0 Å². The monoisotopic (exact) mass is 374 g/mol. The van der Waals surface area contributed by atoms with E-state index in [0.29, 0.717) is 12.0 Å². The SMILES string of the molecule is [B]c1ccc2c(c1)C1(CCCCC1)C(=O)N2[C@@H](c1ccccc1)C(O)CNC. The fraction of sp³-hybridized carbons (Fsp3) is 0.435. The Morgan fingerprint density at radius 3 is 2.54 bits per heavy atom. The largest absolute Gasteiger partial charge is 0.389 e. The summed E-state index contributed by atoms with van der Waals surface area (Å²) in [6.45, 7) is 0.403. The number of aliphatic hydroxyl groups is 1. The minimum atomic E-state index is -0.722. The molecule has 5 heteroatoms. The van der Waals surface area contributed by atoms with Crippen LogP contribution < -0.4 is 15.7 Å². The van der Waals surface area contributed by atoms with Crippen LogP contribution in [0, 0.1) is 0 Å². The lowest BCUT2D eigenvalue weighted by atomic mass is 9.69. The van der Waals surface area contributed by atoms with Crippen molar-refractivity contribution in [1.82, 2.24) is 5.32 Å². The van der Waals surface area contributed by atoms with Gasteiger partial charge in [0.05, 0.1) is 17.6 Å². The summed E-state index contributed by atoms with van der Waals surface area (Å²) in [4.78, 5) is 15.8. The maximum Gasteiger partial charge on any atom is 0.238 e. The zero-order chi connectivity index (χ0) is 19.7. The Bertz CT molecular complexity index is 849. The molecule has 1 aliphatic carbocycles. The summed E-state index contributed by atoms with van der Waals surface area (Å²) in [5.74, 6) is 0.108. The van der Waals surface area contributed by atoms with Crippen LogP contribution in [-0.2, 0) is 10.2 Å². The molecule has 1 aliphatic heterocycles. The van der Waals surface area contributed by atoms with E-state index in [1.165, 1.54) is 0 Å². The summed E-state index contributed by atoms with van der Waals surface area (Å²) in [7, 11) is 7.93. The number of hydrogen-bond acceptors (Lipinski definition) is 3. The Labute approximate surface area is 168 Å². The minimum Gasteiger partial charge on any atom is -0.389 e. The third kappa shape index (κ3) is 3.07. The Balaban J connectivity index is 1.86. The molecular formula is C23H27BN2O2. The molecular weight excluding hydrogens is 347 g/mol. The number of fused-ring (bicyclic) bond motifs is 2. The van der Waals surface area contributed by atoms with Crippen LogP contribution in [-0.4, -0.2) is 38.6 Å². The molecule has 1 saturated carbocycles. The molecule has 1 heterocycles. The lowest BCUT2D eigenvalue weighted by Crippen LogP contribution is -2.47. The summed E-state index contributed by atoms with van der Waals surface area (Å²) >= 11 is 0. The van der Waals surface area contributed by atoms with E-state index in [-0.39, 0.29) is 5.91 Å². The van der Waals surface area contributed by atoms with Gasteiger partial charge in [-0.05, 0) is 37.1 Å². The molecule has 0 bridgehead atoms. The van der Waals surface area contributed by atoms with E-state index in [2.05, 4.69) is 5.32 Å². The Morgan fingerprint density at radius 2 is 1.86 bits per heavy atom. The number of carbonyl (C=O) groups excluding carboxylic acids is 1. The number of likely N-dealkylation sites (N-methyl/N-ethyl adjacent to an activating group) is 1. The third-order valence-electron chi connectivity index (χ3n) is 6.33. The summed E-state index contributed by atoms with van der Waals surface area (Å²) in [5, 5.41) is 14.1. The molecule has 2 radical (unpaired) electrons. The molecule has 0 aromatic heterocycles. The normalized spacial score (nSPS) is 20.2. The smallest absolute Gasteiger partial charge is 0.238 e. The van der Waals surface area contributed by atoms with Gasteiger partial charge < -0.3 is 15.3 Å². The molecule has 1 fully saturated rings. The highest BCUT2D eigenvalue weighted by atomic mass is 16.3. The van der Waals surface area contributed by atoms with Crippen LogP contribution in [0.2, 0.25) is 0 Å². The van der Waals surface area contributed by atoms with Crippen LogP contribution >= 0.6 is 0 Å². The second-order valence-corrected chi connectivity index (χ2v) is 8.08. The molecule has 28 heavy (non-hydrogen) atoms. The molecule has 2 aliphatic rings. The van der Waals surface area contributed by atoms with Gasteiger partial charge in [0, 0.05) is 12.2 Å². The first-order valence-corrected chi connectivity index (χ1v) is 10.2. The number of rotatable bonds is 5. The van der Waals surface area contributed by atoms with Gasteiger partial charge in [0.2, 0.25) is 5.91 Å². The van der Waals surface area contributed by atoms with Gasteiger partial charge in [-0.25, -0.2) is 0 Å². The Hall–Kier alpha value is -2.11. The zero-order valence-electron chi connectivity index (χ0n) is 16.4. The predicted molar refractivity (Wildman–Crippen MR) is 113 cm³/mol. The molecule has 4 rings (SSSR count). The first-order valence-electron chi connectivity index (χ1n) is 10.2. The molecule has 0 saturated heterocycles. The van der Waals surface area contributed by atoms with Gasteiger partial charge in [0.1, 0.15) is 7.85 Å². The van der Waals surface area contributed by atoms with Gasteiger partial charge in [0.25, 0.3) is 0 Å². The third-order valence-corrected chi connectivity index (χ3v) is 6.33. The van der Waals surface area contributed by atoms with Crippen LogP contribution in [0.1, 0.15) is 49.3 Å². The molecule has 2 aromatic carbocycles. The van der Waals surface area contributed by atoms with E-state index >= 15 is 0 Å². The number of nitrogens with zero attached hydrogens (tertiary/aromatic N) is 1. The lowest BCUT2D eigenvalue weighted by Gasteiger charge is -2.36. The average molecular weight is 374 g/mol. The molecule has 4 nitrogen and oxygen atoms in total. The van der Waals surface area contributed by atoms with Crippen LogP contribution in [0.5, 0.6) is 0 Å². The van der Waals surface area contributed by atoms with Crippen molar-refractivity contribution in [3.63, 3.8) is 0 Å².